The van der Waals surface area contributed by atoms with Crippen LogP contribution in [0.5, 0.6) is 5.75 Å². The number of aromatic nitrogens is 2. The zero-order valence-electron chi connectivity index (χ0n) is 11.9. The monoisotopic (exact) mass is 286 g/mol. The summed E-state index contributed by atoms with van der Waals surface area (Å²) in [5.41, 5.74) is 8.47. The molecule has 1 aromatic carbocycles. The maximum atomic E-state index is 5.90. The van der Waals surface area contributed by atoms with Crippen LogP contribution in [0.4, 0.5) is 0 Å². The van der Waals surface area contributed by atoms with E-state index in [9.17, 15) is 0 Å². The first-order chi connectivity index (χ1) is 10.3. The molecule has 0 amide bonds. The molecule has 3 rings (SSSR count). The average Bonchev–Trinajstić information content (AvgIpc) is 3.14. The Hall–Kier alpha value is -2.34. The Balaban J connectivity index is 1.69. The molecule has 1 unspecified atom stereocenters. The molecule has 6 heteroatoms. The van der Waals surface area contributed by atoms with Crippen LogP contribution in [0.3, 0.4) is 0 Å². The molecule has 2 heterocycles. The molecule has 6 nitrogen and oxygen atoms in total. The Morgan fingerprint density at radius 3 is 3.00 bits per heavy atom. The van der Waals surface area contributed by atoms with Crippen LogP contribution < -0.4 is 10.5 Å². The highest BCUT2D eigenvalue weighted by Crippen LogP contribution is 2.29. The van der Waals surface area contributed by atoms with Crippen molar-refractivity contribution in [2.24, 2.45) is 17.9 Å². The third-order valence-corrected chi connectivity index (χ3v) is 3.36. The first-order valence-corrected chi connectivity index (χ1v) is 6.88. The summed E-state index contributed by atoms with van der Waals surface area (Å²) in [5.74, 6) is 0.815. The summed E-state index contributed by atoms with van der Waals surface area (Å²) in [5, 5.41) is 8.13. The van der Waals surface area contributed by atoms with Gasteiger partial charge in [0.2, 0.25) is 0 Å². The standard InChI is InChI=1S/C15H18N4O2/c1-19-9-11(8-17-19)14-4-2-3-5-15(14)20-10-13-6-12(7-16)18-21-13/h2-5,8-9,13H,6-7,10,16H2,1H3. The summed E-state index contributed by atoms with van der Waals surface area (Å²) < 4.78 is 7.67. The molecule has 2 aromatic rings. The van der Waals surface area contributed by atoms with Crippen molar-refractivity contribution in [3.05, 3.63) is 36.7 Å². The Labute approximate surface area is 123 Å². The third-order valence-electron chi connectivity index (χ3n) is 3.36. The molecule has 1 aliphatic heterocycles. The number of oxime groups is 1. The largest absolute Gasteiger partial charge is 0.489 e. The van der Waals surface area contributed by atoms with E-state index in [4.69, 9.17) is 15.3 Å². The summed E-state index contributed by atoms with van der Waals surface area (Å²) in [6, 6.07) is 7.90. The average molecular weight is 286 g/mol. The lowest BCUT2D eigenvalue weighted by molar-refractivity contribution is 0.0472. The van der Waals surface area contributed by atoms with E-state index < -0.39 is 0 Å². The van der Waals surface area contributed by atoms with E-state index in [1.807, 2.05) is 43.7 Å². The maximum Gasteiger partial charge on any atom is 0.166 e. The molecule has 0 aliphatic carbocycles. The van der Waals surface area contributed by atoms with E-state index in [0.717, 1.165) is 29.0 Å². The van der Waals surface area contributed by atoms with Crippen molar-refractivity contribution in [1.82, 2.24) is 9.78 Å². The Morgan fingerprint density at radius 1 is 1.43 bits per heavy atom. The van der Waals surface area contributed by atoms with Crippen molar-refractivity contribution < 1.29 is 9.57 Å². The number of nitrogens with zero attached hydrogens (tertiary/aromatic N) is 3. The highest BCUT2D eigenvalue weighted by atomic mass is 16.7. The van der Waals surface area contributed by atoms with Crippen LogP contribution in [0.15, 0.2) is 41.8 Å². The summed E-state index contributed by atoms with van der Waals surface area (Å²) in [6.07, 6.45) is 4.45. The fourth-order valence-electron chi connectivity index (χ4n) is 2.27. The van der Waals surface area contributed by atoms with Gasteiger partial charge in [-0.3, -0.25) is 4.68 Å². The molecule has 1 aliphatic rings. The molecule has 0 fully saturated rings. The van der Waals surface area contributed by atoms with Crippen LogP contribution in [0.2, 0.25) is 0 Å². The molecule has 0 spiro atoms. The van der Waals surface area contributed by atoms with Gasteiger partial charge in [-0.2, -0.15) is 5.10 Å². The molecule has 1 atom stereocenters. The maximum absolute atomic E-state index is 5.90. The van der Waals surface area contributed by atoms with Gasteiger partial charge in [0.05, 0.1) is 11.9 Å². The second-order valence-electron chi connectivity index (χ2n) is 5.00. The zero-order valence-corrected chi connectivity index (χ0v) is 11.9. The van der Waals surface area contributed by atoms with E-state index in [1.165, 1.54) is 0 Å². The van der Waals surface area contributed by atoms with Crippen molar-refractivity contribution in [2.75, 3.05) is 13.2 Å². The minimum atomic E-state index is -0.0643. The van der Waals surface area contributed by atoms with E-state index in [1.54, 1.807) is 4.68 Å². The normalized spacial score (nSPS) is 17.4. The predicted octanol–water partition coefficient (Wildman–Crippen LogP) is 1.57. The molecular formula is C15H18N4O2. The Kier molecular flexibility index (Phi) is 3.87. The molecular weight excluding hydrogens is 268 g/mol. The predicted molar refractivity (Wildman–Crippen MR) is 80.1 cm³/mol. The van der Waals surface area contributed by atoms with Crippen LogP contribution in [-0.2, 0) is 11.9 Å². The number of para-hydroxylation sites is 1. The summed E-state index contributed by atoms with van der Waals surface area (Å²) in [7, 11) is 1.89. The molecule has 21 heavy (non-hydrogen) atoms. The van der Waals surface area contributed by atoms with Gasteiger partial charge in [0.25, 0.3) is 0 Å². The van der Waals surface area contributed by atoms with Crippen LogP contribution in [0.1, 0.15) is 6.42 Å². The van der Waals surface area contributed by atoms with Gasteiger partial charge in [-0.15, -0.1) is 0 Å². The molecule has 0 saturated carbocycles. The molecule has 0 bridgehead atoms. The molecule has 110 valence electrons. The fourth-order valence-corrected chi connectivity index (χ4v) is 2.27. The lowest BCUT2D eigenvalue weighted by Gasteiger charge is -2.13. The Morgan fingerprint density at radius 2 is 2.29 bits per heavy atom. The minimum Gasteiger partial charge on any atom is -0.489 e. The highest BCUT2D eigenvalue weighted by Gasteiger charge is 2.21. The van der Waals surface area contributed by atoms with Gasteiger partial charge < -0.3 is 15.3 Å². The van der Waals surface area contributed by atoms with Gasteiger partial charge >= 0.3 is 0 Å². The minimum absolute atomic E-state index is 0.0643. The van der Waals surface area contributed by atoms with Crippen LogP contribution in [-0.4, -0.2) is 34.7 Å². The van der Waals surface area contributed by atoms with Crippen molar-refractivity contribution in [1.29, 1.82) is 0 Å². The molecule has 1 aromatic heterocycles. The summed E-state index contributed by atoms with van der Waals surface area (Å²) in [6.45, 7) is 0.882. The van der Waals surface area contributed by atoms with Crippen molar-refractivity contribution in [3.8, 4) is 16.9 Å². The van der Waals surface area contributed by atoms with Crippen molar-refractivity contribution >= 4 is 5.71 Å². The first kappa shape index (κ1) is 13.6. The van der Waals surface area contributed by atoms with Crippen molar-refractivity contribution in [2.45, 2.75) is 12.5 Å². The van der Waals surface area contributed by atoms with Gasteiger partial charge in [0.1, 0.15) is 12.4 Å². The van der Waals surface area contributed by atoms with Crippen LogP contribution >= 0.6 is 0 Å². The molecule has 0 saturated heterocycles. The summed E-state index contributed by atoms with van der Waals surface area (Å²) in [4.78, 5) is 5.29. The number of nitrogens with two attached hydrogens (primary N) is 1. The van der Waals surface area contributed by atoms with Crippen molar-refractivity contribution in [3.63, 3.8) is 0 Å². The summed E-state index contributed by atoms with van der Waals surface area (Å²) >= 11 is 0. The first-order valence-electron chi connectivity index (χ1n) is 6.88. The van der Waals surface area contributed by atoms with Gasteiger partial charge in [0, 0.05) is 37.3 Å². The number of benzene rings is 1. The van der Waals surface area contributed by atoms with E-state index in [2.05, 4.69) is 10.3 Å². The smallest absolute Gasteiger partial charge is 0.166 e. The fraction of sp³-hybridized carbons (Fsp3) is 0.333. The van der Waals surface area contributed by atoms with Gasteiger partial charge in [-0.25, -0.2) is 0 Å². The van der Waals surface area contributed by atoms with Crippen LogP contribution in [0.25, 0.3) is 11.1 Å². The van der Waals surface area contributed by atoms with Gasteiger partial charge in [-0.05, 0) is 6.07 Å². The second-order valence-corrected chi connectivity index (χ2v) is 5.00. The lowest BCUT2D eigenvalue weighted by Crippen LogP contribution is -2.20. The number of rotatable bonds is 5. The lowest BCUT2D eigenvalue weighted by atomic mass is 10.1. The van der Waals surface area contributed by atoms with E-state index in [-0.39, 0.29) is 6.10 Å². The SMILES string of the molecule is Cn1cc(-c2ccccc2OCC2CC(CN)=NO2)cn1. The molecule has 2 N–H and O–H groups in total. The second kappa shape index (κ2) is 5.97. The number of aryl methyl sites for hydroxylation is 1. The number of ether oxygens (including phenoxy) is 1. The van der Waals surface area contributed by atoms with E-state index >= 15 is 0 Å². The van der Waals surface area contributed by atoms with Crippen LogP contribution in [0, 0.1) is 0 Å². The quantitative estimate of drug-likeness (QED) is 0.905. The van der Waals surface area contributed by atoms with E-state index in [0.29, 0.717) is 13.2 Å². The third kappa shape index (κ3) is 3.05. The zero-order chi connectivity index (χ0) is 14.7. The van der Waals surface area contributed by atoms with Gasteiger partial charge in [-0.1, -0.05) is 23.4 Å². The van der Waals surface area contributed by atoms with Gasteiger partial charge in [0.15, 0.2) is 6.10 Å². The molecule has 0 radical (unpaired) electrons. The number of hydrogen-bond acceptors (Lipinski definition) is 5. The topological polar surface area (TPSA) is 74.7 Å². The Bertz CT molecular complexity index is 651. The highest BCUT2D eigenvalue weighted by molar-refractivity contribution is 5.87. The number of hydrogen-bond donors (Lipinski definition) is 1.